The molecule has 1 aromatic heterocycles. The third-order valence-corrected chi connectivity index (χ3v) is 7.61. The van der Waals surface area contributed by atoms with E-state index in [1.807, 2.05) is 0 Å². The average Bonchev–Trinajstić information content (AvgIpc) is 3.44. The van der Waals surface area contributed by atoms with Gasteiger partial charge < -0.3 is 10.2 Å². The van der Waals surface area contributed by atoms with Crippen LogP contribution in [0.15, 0.2) is 40.7 Å². The van der Waals surface area contributed by atoms with Crippen LogP contribution in [0.4, 0.5) is 10.8 Å². The van der Waals surface area contributed by atoms with Crippen molar-refractivity contribution in [1.29, 1.82) is 0 Å². The molecule has 0 saturated carbocycles. The van der Waals surface area contributed by atoms with Crippen molar-refractivity contribution < 1.29 is 18.0 Å². The number of hydrogen-bond donors (Lipinski definition) is 1. The normalized spacial score (nSPS) is 20.6. The Kier molecular flexibility index (Phi) is 5.17. The summed E-state index contributed by atoms with van der Waals surface area (Å²) in [7, 11) is -3.49. The number of nitrogens with one attached hydrogen (secondary N) is 1. The number of rotatable bonds is 5. The summed E-state index contributed by atoms with van der Waals surface area (Å²) in [5, 5.41) is 4.99. The van der Waals surface area contributed by atoms with Crippen LogP contribution >= 0.6 is 11.3 Å². The first-order valence-corrected chi connectivity index (χ1v) is 11.4. The number of carbonyl (C=O) groups is 2. The Hall–Kier alpha value is -2.30. The summed E-state index contributed by atoms with van der Waals surface area (Å²) < 4.78 is 26.7. The second-order valence-corrected chi connectivity index (χ2v) is 9.67. The highest BCUT2D eigenvalue weighted by atomic mass is 32.2. The predicted molar refractivity (Wildman–Crippen MR) is 106 cm³/mol. The number of sulfonamides is 1. The molecule has 0 aliphatic carbocycles. The summed E-state index contributed by atoms with van der Waals surface area (Å²) in [6.07, 6.45) is 3.48. The standard InChI is InChI=1S/C18H20N4O4S2/c23-16-11-13(17(24)20-18-19-7-10-27-18)12-22(16)14-3-5-15(6-4-14)28(25,26)21-8-1-2-9-21/h3-7,10,13H,1-2,8-9,11-12H2,(H,19,20,24)/t13-/m0/s1. The molecule has 0 radical (unpaired) electrons. The van der Waals surface area contributed by atoms with Crippen LogP contribution < -0.4 is 10.2 Å². The van der Waals surface area contributed by atoms with Crippen molar-refractivity contribution in [1.82, 2.24) is 9.29 Å². The zero-order valence-corrected chi connectivity index (χ0v) is 16.7. The lowest BCUT2D eigenvalue weighted by Crippen LogP contribution is -2.29. The number of hydrogen-bond acceptors (Lipinski definition) is 6. The van der Waals surface area contributed by atoms with Gasteiger partial charge in [-0.2, -0.15) is 4.31 Å². The van der Waals surface area contributed by atoms with E-state index in [-0.39, 0.29) is 29.7 Å². The van der Waals surface area contributed by atoms with Crippen molar-refractivity contribution >= 4 is 44.0 Å². The van der Waals surface area contributed by atoms with Crippen LogP contribution in [0.2, 0.25) is 0 Å². The zero-order valence-electron chi connectivity index (χ0n) is 15.1. The van der Waals surface area contributed by atoms with E-state index >= 15 is 0 Å². The second kappa shape index (κ2) is 7.61. The van der Waals surface area contributed by atoms with Gasteiger partial charge in [0.05, 0.1) is 10.8 Å². The van der Waals surface area contributed by atoms with Gasteiger partial charge in [-0.25, -0.2) is 13.4 Å². The summed E-state index contributed by atoms with van der Waals surface area (Å²) in [6.45, 7) is 1.35. The van der Waals surface area contributed by atoms with Gasteiger partial charge in [-0.3, -0.25) is 9.59 Å². The highest BCUT2D eigenvalue weighted by Crippen LogP contribution is 2.28. The molecule has 0 unspecified atom stereocenters. The lowest BCUT2D eigenvalue weighted by atomic mass is 10.1. The maximum atomic E-state index is 12.6. The van der Waals surface area contributed by atoms with Gasteiger partial charge in [0.15, 0.2) is 5.13 Å². The molecule has 0 bridgehead atoms. The molecule has 10 heteroatoms. The number of amides is 2. The molecule has 0 spiro atoms. The van der Waals surface area contributed by atoms with Gasteiger partial charge in [0.1, 0.15) is 0 Å². The number of benzene rings is 1. The lowest BCUT2D eigenvalue weighted by molar-refractivity contribution is -0.122. The fourth-order valence-electron chi connectivity index (χ4n) is 3.50. The third-order valence-electron chi connectivity index (χ3n) is 5.01. The van der Waals surface area contributed by atoms with Gasteiger partial charge >= 0.3 is 0 Å². The second-order valence-electron chi connectivity index (χ2n) is 6.84. The van der Waals surface area contributed by atoms with Crippen LogP contribution in [0.1, 0.15) is 19.3 Å². The van der Waals surface area contributed by atoms with E-state index in [4.69, 9.17) is 0 Å². The van der Waals surface area contributed by atoms with Crippen molar-refractivity contribution in [3.8, 4) is 0 Å². The fourth-order valence-corrected chi connectivity index (χ4v) is 5.55. The largest absolute Gasteiger partial charge is 0.312 e. The van der Waals surface area contributed by atoms with Gasteiger partial charge in [-0.15, -0.1) is 11.3 Å². The minimum Gasteiger partial charge on any atom is -0.312 e. The van der Waals surface area contributed by atoms with Crippen molar-refractivity contribution in [2.24, 2.45) is 5.92 Å². The molecule has 1 atom stereocenters. The zero-order chi connectivity index (χ0) is 19.7. The number of anilines is 2. The molecule has 2 amide bonds. The minimum atomic E-state index is -3.49. The molecule has 2 aromatic rings. The smallest absolute Gasteiger partial charge is 0.243 e. The average molecular weight is 421 g/mol. The maximum Gasteiger partial charge on any atom is 0.243 e. The third kappa shape index (κ3) is 3.67. The Morgan fingerprint density at radius 1 is 1.18 bits per heavy atom. The Balaban J connectivity index is 1.45. The molecular weight excluding hydrogens is 400 g/mol. The van der Waals surface area contributed by atoms with E-state index in [9.17, 15) is 18.0 Å². The van der Waals surface area contributed by atoms with Crippen LogP contribution in [0.3, 0.4) is 0 Å². The topological polar surface area (TPSA) is 99.7 Å². The van der Waals surface area contributed by atoms with Crippen molar-refractivity contribution in [2.75, 3.05) is 29.9 Å². The summed E-state index contributed by atoms with van der Waals surface area (Å²) in [6, 6.07) is 6.31. The first kappa shape index (κ1) is 19.0. The van der Waals surface area contributed by atoms with E-state index in [0.717, 1.165) is 12.8 Å². The van der Waals surface area contributed by atoms with Gasteiger partial charge in [0.2, 0.25) is 21.8 Å². The summed E-state index contributed by atoms with van der Waals surface area (Å²) in [5.41, 5.74) is 0.593. The summed E-state index contributed by atoms with van der Waals surface area (Å²) in [5.74, 6) is -0.863. The number of carbonyl (C=O) groups excluding carboxylic acids is 2. The fraction of sp³-hybridized carbons (Fsp3) is 0.389. The van der Waals surface area contributed by atoms with Gasteiger partial charge in [-0.05, 0) is 37.1 Å². The number of nitrogens with zero attached hydrogens (tertiary/aromatic N) is 3. The van der Waals surface area contributed by atoms with Gasteiger partial charge in [-0.1, -0.05) is 0 Å². The Morgan fingerprint density at radius 3 is 2.54 bits per heavy atom. The van der Waals surface area contributed by atoms with Crippen molar-refractivity contribution in [3.05, 3.63) is 35.8 Å². The highest BCUT2D eigenvalue weighted by molar-refractivity contribution is 7.89. The molecule has 1 aromatic carbocycles. The monoisotopic (exact) mass is 420 g/mol. The summed E-state index contributed by atoms with van der Waals surface area (Å²) >= 11 is 1.32. The number of aromatic nitrogens is 1. The molecular formula is C18H20N4O4S2. The predicted octanol–water partition coefficient (Wildman–Crippen LogP) is 1.92. The summed E-state index contributed by atoms with van der Waals surface area (Å²) in [4.78, 5) is 30.5. The molecule has 28 heavy (non-hydrogen) atoms. The van der Waals surface area contributed by atoms with Crippen molar-refractivity contribution in [2.45, 2.75) is 24.2 Å². The Morgan fingerprint density at radius 2 is 1.89 bits per heavy atom. The first-order chi connectivity index (χ1) is 13.4. The molecule has 148 valence electrons. The quantitative estimate of drug-likeness (QED) is 0.797. The van der Waals surface area contributed by atoms with E-state index in [1.165, 1.54) is 32.7 Å². The SMILES string of the molecule is O=C(Nc1nccs1)[C@H]1CC(=O)N(c2ccc(S(=O)(=O)N3CCCC3)cc2)C1. The van der Waals surface area contributed by atoms with Gasteiger partial charge in [0.25, 0.3) is 0 Å². The molecule has 2 saturated heterocycles. The van der Waals surface area contributed by atoms with E-state index in [0.29, 0.717) is 23.9 Å². The van der Waals surface area contributed by atoms with Crippen LogP contribution in [0, 0.1) is 5.92 Å². The van der Waals surface area contributed by atoms with E-state index < -0.39 is 15.9 Å². The van der Waals surface area contributed by atoms with Crippen LogP contribution in [0.25, 0.3) is 0 Å². The highest BCUT2D eigenvalue weighted by Gasteiger charge is 2.35. The van der Waals surface area contributed by atoms with Gasteiger partial charge in [0, 0.05) is 43.3 Å². The molecule has 1 N–H and O–H groups in total. The van der Waals surface area contributed by atoms with Crippen LogP contribution in [0.5, 0.6) is 0 Å². The van der Waals surface area contributed by atoms with E-state index in [2.05, 4.69) is 10.3 Å². The molecule has 2 fully saturated rings. The molecule has 3 heterocycles. The molecule has 8 nitrogen and oxygen atoms in total. The van der Waals surface area contributed by atoms with E-state index in [1.54, 1.807) is 23.7 Å². The molecule has 4 rings (SSSR count). The number of thiazole rings is 1. The van der Waals surface area contributed by atoms with Crippen LogP contribution in [-0.2, 0) is 19.6 Å². The first-order valence-electron chi connectivity index (χ1n) is 9.06. The lowest BCUT2D eigenvalue weighted by Gasteiger charge is -2.19. The molecule has 2 aliphatic rings. The molecule has 2 aliphatic heterocycles. The minimum absolute atomic E-state index is 0.116. The maximum absolute atomic E-state index is 12.6. The van der Waals surface area contributed by atoms with Crippen LogP contribution in [-0.4, -0.2) is 49.2 Å². The Labute approximate surface area is 167 Å². The Bertz CT molecular complexity index is 968. The van der Waals surface area contributed by atoms with Crippen molar-refractivity contribution in [3.63, 3.8) is 0 Å².